The highest BCUT2D eigenvalue weighted by Gasteiger charge is 2.56. The van der Waals surface area contributed by atoms with Gasteiger partial charge in [0.25, 0.3) is 6.43 Å². The summed E-state index contributed by atoms with van der Waals surface area (Å²) in [4.78, 5) is 8.43. The number of pyridine rings is 2. The number of fused-ring (bicyclic) bond motifs is 1. The van der Waals surface area contributed by atoms with Gasteiger partial charge in [0.2, 0.25) is 5.95 Å². The van der Waals surface area contributed by atoms with Crippen LogP contribution in [0.3, 0.4) is 0 Å². The lowest BCUT2D eigenvalue weighted by molar-refractivity contribution is 0.00911. The SMILES string of the molecule is Cc1nc(F)ccc1[C@H](Nc1cc(Cl)c2ncc(C#N)c(NC3CCOC3(C)C)c2c1)C1=CN(C2(C(F)F)CC2)NN1. The second-order valence-corrected chi connectivity index (χ2v) is 11.8. The molecular formula is C29H30ClF3N8O. The van der Waals surface area contributed by atoms with Crippen molar-refractivity contribution in [3.05, 3.63) is 70.2 Å². The summed E-state index contributed by atoms with van der Waals surface area (Å²) in [6, 6.07) is 7.91. The summed E-state index contributed by atoms with van der Waals surface area (Å²) >= 11 is 6.74. The number of nitriles is 1. The Kier molecular flexibility index (Phi) is 7.07. The van der Waals surface area contributed by atoms with Gasteiger partial charge in [-0.05, 0) is 58.2 Å². The standard InChI is InChI=1S/C29H30ClF3N8O/c1-15-18(4-5-23(31)36-15)26(21-14-41(40-39-21)29(7-8-29)27(32)33)37-17-10-19-24(38-22-6-9-42-28(22,2)3)16(12-34)13-35-25(19)20(30)11-17/h4-5,10-11,13-14,22,26-27,37,39-40H,6-9H2,1-3H3,(H,35,38)/t22?,26-/m0/s1. The van der Waals surface area contributed by atoms with Crippen LogP contribution in [0.15, 0.2) is 42.4 Å². The fraction of sp³-hybridized carbons (Fsp3) is 0.414. The highest BCUT2D eigenvalue weighted by atomic mass is 35.5. The summed E-state index contributed by atoms with van der Waals surface area (Å²) in [7, 11) is 0. The number of nitrogens with one attached hydrogen (secondary N) is 4. The average Bonchev–Trinajstić information content (AvgIpc) is 3.49. The van der Waals surface area contributed by atoms with Crippen LogP contribution < -0.4 is 21.6 Å². The molecule has 2 aromatic heterocycles. The molecule has 3 aliphatic rings. The molecule has 4 N–H and O–H groups in total. The number of hydrogen-bond acceptors (Lipinski definition) is 9. The minimum atomic E-state index is -2.54. The zero-order valence-electron chi connectivity index (χ0n) is 23.2. The van der Waals surface area contributed by atoms with E-state index in [1.54, 1.807) is 25.3 Å². The normalized spacial score (nSPS) is 21.2. The Bertz CT molecular complexity index is 1620. The lowest BCUT2D eigenvalue weighted by Gasteiger charge is -2.28. The molecular weight excluding hydrogens is 569 g/mol. The van der Waals surface area contributed by atoms with Crippen molar-refractivity contribution in [3.8, 4) is 6.07 Å². The predicted molar refractivity (Wildman–Crippen MR) is 153 cm³/mol. The number of halogens is 4. The summed E-state index contributed by atoms with van der Waals surface area (Å²) in [6.07, 6.45) is 2.03. The van der Waals surface area contributed by atoms with Crippen molar-refractivity contribution < 1.29 is 17.9 Å². The Morgan fingerprint density at radius 1 is 1.26 bits per heavy atom. The molecule has 1 aromatic carbocycles. The summed E-state index contributed by atoms with van der Waals surface area (Å²) in [5.74, 6) is -0.629. The zero-order valence-corrected chi connectivity index (χ0v) is 24.0. The third kappa shape index (κ3) is 4.95. The monoisotopic (exact) mass is 598 g/mol. The molecule has 220 valence electrons. The van der Waals surface area contributed by atoms with Gasteiger partial charge in [-0.25, -0.2) is 13.8 Å². The number of rotatable bonds is 8. The highest BCUT2D eigenvalue weighted by Crippen LogP contribution is 2.47. The molecule has 0 amide bonds. The van der Waals surface area contributed by atoms with E-state index in [1.807, 2.05) is 19.9 Å². The van der Waals surface area contributed by atoms with Gasteiger partial charge in [0.05, 0.1) is 45.2 Å². The van der Waals surface area contributed by atoms with E-state index in [9.17, 15) is 18.4 Å². The van der Waals surface area contributed by atoms with E-state index < -0.39 is 29.6 Å². The van der Waals surface area contributed by atoms with Gasteiger partial charge >= 0.3 is 0 Å². The van der Waals surface area contributed by atoms with E-state index in [4.69, 9.17) is 16.3 Å². The molecule has 1 aliphatic carbocycles. The first-order valence-electron chi connectivity index (χ1n) is 13.7. The maximum absolute atomic E-state index is 14.0. The Morgan fingerprint density at radius 2 is 2.05 bits per heavy atom. The number of ether oxygens (including phenoxy) is 1. The van der Waals surface area contributed by atoms with Crippen LogP contribution in [0.2, 0.25) is 5.02 Å². The number of hydrazine groups is 2. The Morgan fingerprint density at radius 3 is 2.69 bits per heavy atom. The molecule has 6 rings (SSSR count). The van der Waals surface area contributed by atoms with E-state index in [-0.39, 0.29) is 6.04 Å². The first-order chi connectivity index (χ1) is 20.0. The van der Waals surface area contributed by atoms with Crippen molar-refractivity contribution in [1.29, 1.82) is 5.26 Å². The quantitative estimate of drug-likeness (QED) is 0.243. The zero-order chi connectivity index (χ0) is 29.8. The van der Waals surface area contributed by atoms with Crippen molar-refractivity contribution in [2.75, 3.05) is 17.2 Å². The number of aromatic nitrogens is 2. The van der Waals surface area contributed by atoms with Gasteiger partial charge in [-0.15, -0.1) is 5.53 Å². The maximum Gasteiger partial charge on any atom is 0.262 e. The van der Waals surface area contributed by atoms with Gasteiger partial charge in [0.15, 0.2) is 0 Å². The van der Waals surface area contributed by atoms with Crippen molar-refractivity contribution in [3.63, 3.8) is 0 Å². The minimum absolute atomic E-state index is 0.0549. The Labute approximate surface area is 246 Å². The van der Waals surface area contributed by atoms with E-state index in [0.29, 0.717) is 69.3 Å². The molecule has 2 fully saturated rings. The summed E-state index contributed by atoms with van der Waals surface area (Å²) in [5, 5.41) is 19.2. The number of aryl methyl sites for hydroxylation is 1. The lowest BCUT2D eigenvalue weighted by atomic mass is 9.97. The third-order valence-electron chi connectivity index (χ3n) is 8.35. The Balaban J connectivity index is 1.42. The van der Waals surface area contributed by atoms with Crippen molar-refractivity contribution >= 4 is 33.9 Å². The average molecular weight is 599 g/mol. The van der Waals surface area contributed by atoms with E-state index in [1.165, 1.54) is 17.3 Å². The topological polar surface area (TPSA) is 110 Å². The van der Waals surface area contributed by atoms with Crippen molar-refractivity contribution in [2.45, 2.75) is 69.7 Å². The van der Waals surface area contributed by atoms with Crippen molar-refractivity contribution in [2.24, 2.45) is 0 Å². The lowest BCUT2D eigenvalue weighted by Crippen LogP contribution is -2.48. The van der Waals surface area contributed by atoms with Crippen LogP contribution in [0.25, 0.3) is 10.9 Å². The van der Waals surface area contributed by atoms with Crippen LogP contribution >= 0.6 is 11.6 Å². The largest absolute Gasteiger partial charge is 0.378 e. The number of hydrogen-bond donors (Lipinski definition) is 4. The molecule has 1 saturated heterocycles. The molecule has 1 unspecified atom stereocenters. The molecule has 2 atom stereocenters. The first kappa shape index (κ1) is 28.3. The van der Waals surface area contributed by atoms with E-state index in [0.717, 1.165) is 6.42 Å². The molecule has 3 aromatic rings. The third-order valence-corrected chi connectivity index (χ3v) is 8.63. The van der Waals surface area contributed by atoms with E-state index in [2.05, 4.69) is 37.6 Å². The number of anilines is 2. The molecule has 4 heterocycles. The summed E-state index contributed by atoms with van der Waals surface area (Å²) < 4.78 is 47.6. The van der Waals surface area contributed by atoms with Gasteiger partial charge in [-0.2, -0.15) is 9.65 Å². The molecule has 13 heteroatoms. The van der Waals surface area contributed by atoms with E-state index >= 15 is 0 Å². The second-order valence-electron chi connectivity index (χ2n) is 11.4. The summed E-state index contributed by atoms with van der Waals surface area (Å²) in [6.45, 7) is 6.27. The predicted octanol–water partition coefficient (Wildman–Crippen LogP) is 5.70. The minimum Gasteiger partial charge on any atom is -0.378 e. The van der Waals surface area contributed by atoms with Gasteiger partial charge in [0.1, 0.15) is 11.6 Å². The fourth-order valence-corrected chi connectivity index (χ4v) is 5.90. The molecule has 1 saturated carbocycles. The van der Waals surface area contributed by atoms with Crippen LogP contribution in [0.4, 0.5) is 24.5 Å². The van der Waals surface area contributed by atoms with Crippen LogP contribution in [0, 0.1) is 24.2 Å². The summed E-state index contributed by atoms with van der Waals surface area (Å²) in [5.41, 5.74) is 7.75. The molecule has 0 spiro atoms. The van der Waals surface area contributed by atoms with Gasteiger partial charge in [0, 0.05) is 41.3 Å². The van der Waals surface area contributed by atoms with Crippen LogP contribution in [-0.2, 0) is 4.74 Å². The van der Waals surface area contributed by atoms with Gasteiger partial charge < -0.3 is 20.8 Å². The molecule has 9 nitrogen and oxygen atoms in total. The van der Waals surface area contributed by atoms with Crippen LogP contribution in [-0.4, -0.2) is 45.2 Å². The molecule has 2 aliphatic heterocycles. The molecule has 0 bridgehead atoms. The smallest absolute Gasteiger partial charge is 0.262 e. The van der Waals surface area contributed by atoms with Gasteiger partial charge in [-0.1, -0.05) is 17.7 Å². The molecule has 0 radical (unpaired) electrons. The van der Waals surface area contributed by atoms with Gasteiger partial charge in [-0.3, -0.25) is 9.99 Å². The Hall–Kier alpha value is -3.79. The fourth-order valence-electron chi connectivity index (χ4n) is 5.63. The number of alkyl halides is 2. The number of benzene rings is 1. The second kappa shape index (κ2) is 10.5. The first-order valence-corrected chi connectivity index (χ1v) is 14.0. The van der Waals surface area contributed by atoms with Crippen LogP contribution in [0.1, 0.15) is 56.0 Å². The maximum atomic E-state index is 14.0. The van der Waals surface area contributed by atoms with Crippen molar-refractivity contribution in [1.82, 2.24) is 25.9 Å². The number of nitrogens with zero attached hydrogens (tertiary/aromatic N) is 4. The molecule has 42 heavy (non-hydrogen) atoms. The highest BCUT2D eigenvalue weighted by molar-refractivity contribution is 6.35. The van der Waals surface area contributed by atoms with Crippen LogP contribution in [0.5, 0.6) is 0 Å².